The van der Waals surface area contributed by atoms with Crippen LogP contribution in [0.1, 0.15) is 19.9 Å². The predicted octanol–water partition coefficient (Wildman–Crippen LogP) is 3.32. The zero-order valence-corrected chi connectivity index (χ0v) is 10.7. The Morgan fingerprint density at radius 2 is 2.17 bits per heavy atom. The smallest absolute Gasteiger partial charge is 0.257 e. The second-order valence-corrected chi connectivity index (χ2v) is 4.67. The van der Waals surface area contributed by atoms with Crippen LogP contribution < -0.4 is 0 Å². The van der Waals surface area contributed by atoms with Gasteiger partial charge in [0.1, 0.15) is 0 Å². The monoisotopic (exact) mass is 262 g/mol. The Morgan fingerprint density at radius 1 is 1.33 bits per heavy atom. The lowest BCUT2D eigenvalue weighted by molar-refractivity contribution is 0.430. The third-order valence-corrected chi connectivity index (χ3v) is 3.04. The number of hydrogen-bond donors (Lipinski definition) is 0. The number of nitrogens with zero attached hydrogens (tertiary/aromatic N) is 4. The van der Waals surface area contributed by atoms with E-state index in [0.717, 1.165) is 16.5 Å². The van der Waals surface area contributed by atoms with Gasteiger partial charge in [0, 0.05) is 17.0 Å². The minimum Gasteiger partial charge on any atom is -0.334 e. The minimum atomic E-state index is 0.259. The maximum Gasteiger partial charge on any atom is 0.257 e. The second kappa shape index (κ2) is 4.10. The van der Waals surface area contributed by atoms with Crippen LogP contribution in [0.2, 0.25) is 5.15 Å². The summed E-state index contributed by atoms with van der Waals surface area (Å²) in [5.74, 6) is 0.477. The lowest BCUT2D eigenvalue weighted by Crippen LogP contribution is -2.01. The Bertz CT molecular complexity index is 687. The normalized spacial score (nSPS) is 11.6. The highest BCUT2D eigenvalue weighted by Crippen LogP contribution is 2.29. The van der Waals surface area contributed by atoms with Crippen molar-refractivity contribution in [2.45, 2.75) is 19.9 Å². The van der Waals surface area contributed by atoms with Gasteiger partial charge in [-0.05, 0) is 32.0 Å². The molecule has 5 nitrogen and oxygen atoms in total. The maximum atomic E-state index is 6.16. The van der Waals surface area contributed by atoms with E-state index in [2.05, 4.69) is 29.1 Å². The molecular weight excluding hydrogens is 252 g/mol. The van der Waals surface area contributed by atoms with Crippen molar-refractivity contribution in [1.29, 1.82) is 0 Å². The van der Waals surface area contributed by atoms with Crippen molar-refractivity contribution >= 4 is 22.5 Å². The number of hydrogen-bond acceptors (Lipinski definition) is 4. The van der Waals surface area contributed by atoms with Gasteiger partial charge in [0.15, 0.2) is 11.5 Å². The topological polar surface area (TPSA) is 56.7 Å². The van der Waals surface area contributed by atoms with Crippen molar-refractivity contribution < 1.29 is 4.52 Å². The van der Waals surface area contributed by atoms with Crippen molar-refractivity contribution in [3.8, 4) is 11.5 Å². The molecule has 0 unspecified atom stereocenters. The largest absolute Gasteiger partial charge is 0.334 e. The van der Waals surface area contributed by atoms with Gasteiger partial charge in [0.25, 0.3) is 5.89 Å². The molecule has 92 valence electrons. The van der Waals surface area contributed by atoms with E-state index in [1.165, 1.54) is 6.33 Å². The van der Waals surface area contributed by atoms with Crippen LogP contribution in [0.5, 0.6) is 0 Å². The number of fused-ring (bicyclic) bond motifs is 1. The van der Waals surface area contributed by atoms with Crippen molar-refractivity contribution in [2.24, 2.45) is 0 Å². The molecule has 1 aromatic carbocycles. The molecule has 0 spiro atoms. The van der Waals surface area contributed by atoms with Gasteiger partial charge in [0.05, 0.1) is 5.52 Å². The Hall–Kier alpha value is -1.88. The zero-order chi connectivity index (χ0) is 12.7. The molecule has 3 aromatic rings. The number of halogens is 1. The third kappa shape index (κ3) is 1.67. The summed E-state index contributed by atoms with van der Waals surface area (Å²) in [6.07, 6.45) is 1.37. The summed E-state index contributed by atoms with van der Waals surface area (Å²) in [5, 5.41) is 9.30. The van der Waals surface area contributed by atoms with Crippen LogP contribution in [-0.4, -0.2) is 19.9 Å². The average molecular weight is 263 g/mol. The highest BCUT2D eigenvalue weighted by molar-refractivity contribution is 6.34. The van der Waals surface area contributed by atoms with Crippen molar-refractivity contribution in [1.82, 2.24) is 19.9 Å². The summed E-state index contributed by atoms with van der Waals surface area (Å²) < 4.78 is 6.93. The fraction of sp³-hybridized carbons (Fsp3) is 0.250. The highest BCUT2D eigenvalue weighted by Gasteiger charge is 2.13. The molecule has 0 saturated carbocycles. The summed E-state index contributed by atoms with van der Waals surface area (Å²) in [4.78, 5) is 4.02. The molecule has 6 heteroatoms. The van der Waals surface area contributed by atoms with E-state index in [1.54, 1.807) is 0 Å². The van der Waals surface area contributed by atoms with Gasteiger partial charge < -0.3 is 4.52 Å². The van der Waals surface area contributed by atoms with Gasteiger partial charge in [-0.25, -0.2) is 0 Å². The lowest BCUT2D eigenvalue weighted by atomic mass is 10.1. The van der Waals surface area contributed by atoms with Crippen LogP contribution in [0.15, 0.2) is 29.0 Å². The molecule has 0 aliphatic heterocycles. The molecular formula is C12H11ClN4O. The number of aromatic nitrogens is 4. The molecule has 0 aliphatic rings. The van der Waals surface area contributed by atoms with Crippen LogP contribution >= 0.6 is 11.6 Å². The Balaban J connectivity index is 2.22. The van der Waals surface area contributed by atoms with Gasteiger partial charge >= 0.3 is 0 Å². The van der Waals surface area contributed by atoms with Crippen LogP contribution in [0.3, 0.4) is 0 Å². The molecule has 0 radical (unpaired) electrons. The molecule has 0 saturated heterocycles. The van der Waals surface area contributed by atoms with Crippen LogP contribution in [0.25, 0.3) is 22.4 Å². The van der Waals surface area contributed by atoms with E-state index in [4.69, 9.17) is 16.1 Å². The quantitative estimate of drug-likeness (QED) is 0.711. The van der Waals surface area contributed by atoms with E-state index >= 15 is 0 Å². The van der Waals surface area contributed by atoms with Crippen LogP contribution in [-0.2, 0) is 0 Å². The van der Waals surface area contributed by atoms with Gasteiger partial charge in [-0.1, -0.05) is 16.8 Å². The first-order chi connectivity index (χ1) is 8.66. The molecule has 2 aromatic heterocycles. The SMILES string of the molecule is CC(C)n1nc(Cl)c2cc(-c3ncno3)ccc21. The fourth-order valence-electron chi connectivity index (χ4n) is 1.93. The molecule has 0 fully saturated rings. The van der Waals surface area contributed by atoms with Crippen molar-refractivity contribution in [2.75, 3.05) is 0 Å². The van der Waals surface area contributed by atoms with E-state index in [1.807, 2.05) is 22.9 Å². The number of rotatable bonds is 2. The number of benzene rings is 1. The van der Waals surface area contributed by atoms with Crippen molar-refractivity contribution in [3.63, 3.8) is 0 Å². The summed E-state index contributed by atoms with van der Waals surface area (Å²) in [7, 11) is 0. The van der Waals surface area contributed by atoms with Gasteiger partial charge in [-0.2, -0.15) is 10.1 Å². The molecule has 0 N–H and O–H groups in total. The molecule has 3 rings (SSSR count). The van der Waals surface area contributed by atoms with E-state index < -0.39 is 0 Å². The van der Waals surface area contributed by atoms with Gasteiger partial charge in [0.2, 0.25) is 0 Å². The Labute approximate surface area is 108 Å². The van der Waals surface area contributed by atoms with Gasteiger partial charge in [-0.15, -0.1) is 0 Å². The standard InChI is InChI=1S/C12H11ClN4O/c1-7(2)17-10-4-3-8(12-14-6-15-18-12)5-9(10)11(13)16-17/h3-7H,1-2H3. The van der Waals surface area contributed by atoms with Crippen LogP contribution in [0.4, 0.5) is 0 Å². The summed E-state index contributed by atoms with van der Waals surface area (Å²) in [5.41, 5.74) is 1.84. The fourth-order valence-corrected chi connectivity index (χ4v) is 2.16. The molecule has 0 aliphatic carbocycles. The first kappa shape index (κ1) is 11.2. The summed E-state index contributed by atoms with van der Waals surface area (Å²) in [6, 6.07) is 6.06. The van der Waals surface area contributed by atoms with Gasteiger partial charge in [-0.3, -0.25) is 4.68 Å². The molecule has 0 atom stereocenters. The summed E-state index contributed by atoms with van der Waals surface area (Å²) >= 11 is 6.16. The molecule has 0 bridgehead atoms. The predicted molar refractivity (Wildman–Crippen MR) is 68.4 cm³/mol. The average Bonchev–Trinajstić information content (AvgIpc) is 2.97. The summed E-state index contributed by atoms with van der Waals surface area (Å²) in [6.45, 7) is 4.13. The first-order valence-electron chi connectivity index (χ1n) is 5.61. The minimum absolute atomic E-state index is 0.259. The maximum absolute atomic E-state index is 6.16. The zero-order valence-electron chi connectivity index (χ0n) is 9.96. The molecule has 18 heavy (non-hydrogen) atoms. The van der Waals surface area contributed by atoms with Crippen LogP contribution in [0, 0.1) is 0 Å². The van der Waals surface area contributed by atoms with E-state index in [0.29, 0.717) is 11.0 Å². The second-order valence-electron chi connectivity index (χ2n) is 4.31. The third-order valence-electron chi connectivity index (χ3n) is 2.76. The lowest BCUT2D eigenvalue weighted by Gasteiger charge is -2.06. The molecule has 2 heterocycles. The Kier molecular flexibility index (Phi) is 2.56. The first-order valence-corrected chi connectivity index (χ1v) is 5.99. The van der Waals surface area contributed by atoms with E-state index in [-0.39, 0.29) is 6.04 Å². The van der Waals surface area contributed by atoms with E-state index in [9.17, 15) is 0 Å². The molecule has 0 amide bonds. The van der Waals surface area contributed by atoms with Crippen molar-refractivity contribution in [3.05, 3.63) is 29.7 Å². The Morgan fingerprint density at radius 3 is 2.83 bits per heavy atom. The highest BCUT2D eigenvalue weighted by atomic mass is 35.5.